The van der Waals surface area contributed by atoms with E-state index in [1.165, 1.54) is 0 Å². The Morgan fingerprint density at radius 1 is 0.909 bits per heavy atom. The van der Waals surface area contributed by atoms with Gasteiger partial charge in [0.2, 0.25) is 0 Å². The first-order valence-corrected chi connectivity index (χ1v) is 7.53. The third kappa shape index (κ3) is 2.39. The fourth-order valence-electron chi connectivity index (χ4n) is 2.67. The van der Waals surface area contributed by atoms with Crippen molar-refractivity contribution in [1.82, 2.24) is 10.2 Å². The monoisotopic (exact) mass is 296 g/mol. The van der Waals surface area contributed by atoms with Crippen LogP contribution < -0.4 is 15.4 Å². The van der Waals surface area contributed by atoms with Crippen LogP contribution in [0.1, 0.15) is 13.8 Å². The Labute approximate surface area is 129 Å². The summed E-state index contributed by atoms with van der Waals surface area (Å²) in [5.74, 6) is 2.47. The van der Waals surface area contributed by atoms with Gasteiger partial charge in [-0.15, -0.1) is 10.2 Å². The maximum Gasteiger partial charge on any atom is 0.156 e. The van der Waals surface area contributed by atoms with Crippen LogP contribution in [0, 0.1) is 0 Å². The molecular weight excluding hydrogens is 276 g/mol. The molecule has 0 aliphatic rings. The first-order valence-electron chi connectivity index (χ1n) is 7.53. The average Bonchev–Trinajstić information content (AvgIpc) is 2.55. The van der Waals surface area contributed by atoms with Crippen molar-refractivity contribution in [3.8, 4) is 5.75 Å². The summed E-state index contributed by atoms with van der Waals surface area (Å²) in [7, 11) is 1.69. The highest BCUT2D eigenvalue weighted by Crippen LogP contribution is 2.34. The number of aromatic nitrogens is 2. The fraction of sp³-hybridized carbons (Fsp3) is 0.294. The number of fused-ring (bicyclic) bond motifs is 2. The second kappa shape index (κ2) is 6.05. The Morgan fingerprint density at radius 3 is 2.14 bits per heavy atom. The number of ether oxygens (including phenoxy) is 1. The predicted molar refractivity (Wildman–Crippen MR) is 91.9 cm³/mol. The van der Waals surface area contributed by atoms with Crippen LogP contribution in [0.3, 0.4) is 0 Å². The van der Waals surface area contributed by atoms with Gasteiger partial charge in [-0.3, -0.25) is 0 Å². The van der Waals surface area contributed by atoms with E-state index in [2.05, 4.69) is 46.0 Å². The van der Waals surface area contributed by atoms with Crippen molar-refractivity contribution in [3.05, 3.63) is 30.3 Å². The van der Waals surface area contributed by atoms with Gasteiger partial charge in [-0.2, -0.15) is 0 Å². The van der Waals surface area contributed by atoms with E-state index in [-0.39, 0.29) is 0 Å². The van der Waals surface area contributed by atoms with Crippen LogP contribution in [0.25, 0.3) is 21.5 Å². The molecule has 0 saturated carbocycles. The number of nitrogens with one attached hydrogen (secondary N) is 2. The molecule has 0 fully saturated rings. The third-order valence-electron chi connectivity index (χ3n) is 3.65. The first kappa shape index (κ1) is 14.4. The summed E-state index contributed by atoms with van der Waals surface area (Å²) < 4.78 is 5.48. The van der Waals surface area contributed by atoms with E-state index in [4.69, 9.17) is 4.74 Å². The van der Waals surface area contributed by atoms with Crippen molar-refractivity contribution in [2.75, 3.05) is 30.8 Å². The second-order valence-corrected chi connectivity index (χ2v) is 5.04. The number of hydrogen-bond donors (Lipinski definition) is 2. The molecular formula is C17H20N4O. The summed E-state index contributed by atoms with van der Waals surface area (Å²) in [5, 5.41) is 19.5. The quantitative estimate of drug-likeness (QED) is 0.704. The molecule has 114 valence electrons. The molecule has 0 saturated heterocycles. The SMILES string of the molecule is CCNc1nnc(NCC)c2cc3c(OC)cccc3cc12. The smallest absolute Gasteiger partial charge is 0.156 e. The van der Waals surface area contributed by atoms with E-state index in [1.807, 2.05) is 19.1 Å². The van der Waals surface area contributed by atoms with Crippen molar-refractivity contribution in [1.29, 1.82) is 0 Å². The zero-order valence-electron chi connectivity index (χ0n) is 13.1. The molecule has 0 spiro atoms. The molecule has 1 heterocycles. The van der Waals surface area contributed by atoms with Crippen molar-refractivity contribution in [2.24, 2.45) is 0 Å². The standard InChI is InChI=1S/C17H20N4O/c1-4-18-16-13-9-11-7-6-8-15(22-3)12(11)10-14(13)17(19-5-2)21-20-16/h6-10H,4-5H2,1-3H3,(H,18,20)(H,19,21). The normalized spacial score (nSPS) is 10.9. The maximum absolute atomic E-state index is 5.48. The lowest BCUT2D eigenvalue weighted by molar-refractivity contribution is 0.420. The van der Waals surface area contributed by atoms with Crippen LogP contribution in [-0.4, -0.2) is 30.4 Å². The summed E-state index contributed by atoms with van der Waals surface area (Å²) in [5.41, 5.74) is 0. The Morgan fingerprint density at radius 2 is 1.55 bits per heavy atom. The number of nitrogens with zero attached hydrogens (tertiary/aromatic N) is 2. The summed E-state index contributed by atoms with van der Waals surface area (Å²) in [6, 6.07) is 10.3. The van der Waals surface area contributed by atoms with Crippen LogP contribution >= 0.6 is 0 Å². The number of anilines is 2. The van der Waals surface area contributed by atoms with Gasteiger partial charge in [-0.05, 0) is 37.4 Å². The number of benzene rings is 2. The molecule has 2 N–H and O–H groups in total. The molecule has 0 unspecified atom stereocenters. The maximum atomic E-state index is 5.48. The number of methoxy groups -OCH3 is 1. The van der Waals surface area contributed by atoms with Gasteiger partial charge in [-0.1, -0.05) is 12.1 Å². The average molecular weight is 296 g/mol. The van der Waals surface area contributed by atoms with Crippen LogP contribution in [-0.2, 0) is 0 Å². The van der Waals surface area contributed by atoms with Crippen molar-refractivity contribution >= 4 is 33.2 Å². The summed E-state index contributed by atoms with van der Waals surface area (Å²) in [6.45, 7) is 5.71. The number of rotatable bonds is 5. The van der Waals surface area contributed by atoms with E-state index in [1.54, 1.807) is 7.11 Å². The minimum Gasteiger partial charge on any atom is -0.496 e. The Hall–Kier alpha value is -2.56. The topological polar surface area (TPSA) is 59.1 Å². The van der Waals surface area contributed by atoms with Crippen molar-refractivity contribution in [2.45, 2.75) is 13.8 Å². The zero-order valence-corrected chi connectivity index (χ0v) is 13.1. The van der Waals surface area contributed by atoms with Crippen molar-refractivity contribution < 1.29 is 4.74 Å². The van der Waals surface area contributed by atoms with Gasteiger partial charge in [0.05, 0.1) is 7.11 Å². The van der Waals surface area contributed by atoms with Crippen molar-refractivity contribution in [3.63, 3.8) is 0 Å². The molecule has 0 atom stereocenters. The van der Waals surface area contributed by atoms with E-state index >= 15 is 0 Å². The van der Waals surface area contributed by atoms with Crippen LogP contribution in [0.15, 0.2) is 30.3 Å². The fourth-order valence-corrected chi connectivity index (χ4v) is 2.67. The van der Waals surface area contributed by atoms with Gasteiger partial charge in [0.25, 0.3) is 0 Å². The third-order valence-corrected chi connectivity index (χ3v) is 3.65. The summed E-state index contributed by atoms with van der Waals surface area (Å²) in [6.07, 6.45) is 0. The zero-order chi connectivity index (χ0) is 15.5. The van der Waals surface area contributed by atoms with Crippen LogP contribution in [0.5, 0.6) is 5.75 Å². The van der Waals surface area contributed by atoms with Gasteiger partial charge in [0.15, 0.2) is 11.6 Å². The Kier molecular flexibility index (Phi) is 3.96. The molecule has 0 aliphatic carbocycles. The second-order valence-electron chi connectivity index (χ2n) is 5.04. The highest BCUT2D eigenvalue weighted by Gasteiger charge is 2.11. The van der Waals surface area contributed by atoms with Crippen LogP contribution in [0.4, 0.5) is 11.6 Å². The molecule has 3 aromatic rings. The van der Waals surface area contributed by atoms with E-state index in [9.17, 15) is 0 Å². The highest BCUT2D eigenvalue weighted by molar-refractivity contribution is 6.08. The molecule has 22 heavy (non-hydrogen) atoms. The molecule has 5 nitrogen and oxygen atoms in total. The van der Waals surface area contributed by atoms with Gasteiger partial charge in [0, 0.05) is 29.2 Å². The van der Waals surface area contributed by atoms with E-state index in [0.717, 1.165) is 52.0 Å². The summed E-state index contributed by atoms with van der Waals surface area (Å²) in [4.78, 5) is 0. The lowest BCUT2D eigenvalue weighted by Gasteiger charge is -2.13. The first-order chi connectivity index (χ1) is 10.8. The van der Waals surface area contributed by atoms with Gasteiger partial charge < -0.3 is 15.4 Å². The van der Waals surface area contributed by atoms with Gasteiger partial charge in [0.1, 0.15) is 5.75 Å². The van der Waals surface area contributed by atoms with Crippen LogP contribution in [0.2, 0.25) is 0 Å². The predicted octanol–water partition coefficient (Wildman–Crippen LogP) is 3.66. The largest absolute Gasteiger partial charge is 0.496 e. The highest BCUT2D eigenvalue weighted by atomic mass is 16.5. The van der Waals surface area contributed by atoms with Gasteiger partial charge >= 0.3 is 0 Å². The minimum atomic E-state index is 0.798. The lowest BCUT2D eigenvalue weighted by Crippen LogP contribution is -2.06. The molecule has 2 aromatic carbocycles. The minimum absolute atomic E-state index is 0.798. The van der Waals surface area contributed by atoms with E-state index in [0.29, 0.717) is 0 Å². The molecule has 1 aromatic heterocycles. The molecule has 0 amide bonds. The Bertz CT molecular complexity index is 816. The molecule has 0 aliphatic heterocycles. The molecule has 0 bridgehead atoms. The molecule has 3 rings (SSSR count). The van der Waals surface area contributed by atoms with Gasteiger partial charge in [-0.25, -0.2) is 0 Å². The van der Waals surface area contributed by atoms with E-state index < -0.39 is 0 Å². The molecule has 5 heteroatoms. The summed E-state index contributed by atoms with van der Waals surface area (Å²) >= 11 is 0. The molecule has 0 radical (unpaired) electrons. The number of hydrogen-bond acceptors (Lipinski definition) is 5. The Balaban J connectivity index is 2.36. The lowest BCUT2D eigenvalue weighted by atomic mass is 10.0.